The van der Waals surface area contributed by atoms with Gasteiger partial charge < -0.3 is 15.8 Å². The van der Waals surface area contributed by atoms with E-state index in [0.717, 1.165) is 4.47 Å². The molecule has 0 bridgehead atoms. The normalized spacial score (nSPS) is 9.94. The zero-order valence-corrected chi connectivity index (χ0v) is 10.8. The van der Waals surface area contributed by atoms with Crippen LogP contribution in [0.3, 0.4) is 0 Å². The van der Waals surface area contributed by atoms with Crippen molar-refractivity contribution in [1.82, 2.24) is 5.32 Å². The predicted molar refractivity (Wildman–Crippen MR) is 66.7 cm³/mol. The van der Waals surface area contributed by atoms with Gasteiger partial charge in [-0.25, -0.2) is 0 Å². The van der Waals surface area contributed by atoms with Crippen LogP contribution in [0.5, 0.6) is 5.75 Å². The van der Waals surface area contributed by atoms with Gasteiger partial charge in [0, 0.05) is 17.6 Å². The molecular formula is C10H12BrClN2O2. The second kappa shape index (κ2) is 6.73. The standard InChI is InChI=1S/C10H12BrClN2O2/c11-7-1-2-9(8(12)5-7)16-6-10(15)14-4-3-13/h1-2,5H,3-4,6,13H2,(H,14,15). The van der Waals surface area contributed by atoms with E-state index in [1.807, 2.05) is 0 Å². The molecular weight excluding hydrogens is 295 g/mol. The molecule has 16 heavy (non-hydrogen) atoms. The second-order valence-corrected chi connectivity index (χ2v) is 4.32. The number of amides is 1. The lowest BCUT2D eigenvalue weighted by atomic mass is 10.3. The first-order valence-corrected chi connectivity index (χ1v) is 5.85. The molecule has 0 atom stereocenters. The number of ether oxygens (including phenoxy) is 1. The Bertz CT molecular complexity index is 374. The zero-order valence-electron chi connectivity index (χ0n) is 8.50. The van der Waals surface area contributed by atoms with Gasteiger partial charge in [-0.05, 0) is 18.2 Å². The Kier molecular flexibility index (Phi) is 5.59. The van der Waals surface area contributed by atoms with Gasteiger partial charge in [0.2, 0.25) is 0 Å². The SMILES string of the molecule is NCCNC(=O)COc1ccc(Br)cc1Cl. The van der Waals surface area contributed by atoms with Crippen LogP contribution in [0.25, 0.3) is 0 Å². The fourth-order valence-electron chi connectivity index (χ4n) is 0.998. The predicted octanol–water partition coefficient (Wildman–Crippen LogP) is 1.56. The first kappa shape index (κ1) is 13.3. The van der Waals surface area contributed by atoms with Crippen molar-refractivity contribution in [1.29, 1.82) is 0 Å². The number of benzene rings is 1. The molecule has 3 N–H and O–H groups in total. The van der Waals surface area contributed by atoms with E-state index in [-0.39, 0.29) is 12.5 Å². The molecule has 88 valence electrons. The highest BCUT2D eigenvalue weighted by Gasteiger charge is 2.05. The summed E-state index contributed by atoms with van der Waals surface area (Å²) < 4.78 is 6.10. The molecule has 0 heterocycles. The van der Waals surface area contributed by atoms with Crippen molar-refractivity contribution >= 4 is 33.4 Å². The van der Waals surface area contributed by atoms with Crippen LogP contribution in [0.1, 0.15) is 0 Å². The van der Waals surface area contributed by atoms with E-state index in [9.17, 15) is 4.79 Å². The van der Waals surface area contributed by atoms with Gasteiger partial charge >= 0.3 is 0 Å². The van der Waals surface area contributed by atoms with E-state index < -0.39 is 0 Å². The first-order chi connectivity index (χ1) is 7.63. The summed E-state index contributed by atoms with van der Waals surface area (Å²) in [6, 6.07) is 5.19. The average molecular weight is 308 g/mol. The van der Waals surface area contributed by atoms with Gasteiger partial charge in [-0.2, -0.15) is 0 Å². The van der Waals surface area contributed by atoms with Gasteiger partial charge in [0.15, 0.2) is 6.61 Å². The highest BCUT2D eigenvalue weighted by Crippen LogP contribution is 2.27. The molecule has 0 spiro atoms. The van der Waals surface area contributed by atoms with Crippen molar-refractivity contribution < 1.29 is 9.53 Å². The Hall–Kier alpha value is -0.780. The quantitative estimate of drug-likeness (QED) is 0.867. The van der Waals surface area contributed by atoms with E-state index in [1.165, 1.54) is 0 Å². The topological polar surface area (TPSA) is 64.3 Å². The van der Waals surface area contributed by atoms with Crippen LogP contribution in [0.4, 0.5) is 0 Å². The fraction of sp³-hybridized carbons (Fsp3) is 0.300. The molecule has 0 aliphatic heterocycles. The molecule has 0 fully saturated rings. The average Bonchev–Trinajstić information content (AvgIpc) is 2.25. The van der Waals surface area contributed by atoms with Crippen molar-refractivity contribution in [3.05, 3.63) is 27.7 Å². The molecule has 0 saturated heterocycles. The van der Waals surface area contributed by atoms with Crippen molar-refractivity contribution in [2.24, 2.45) is 5.73 Å². The van der Waals surface area contributed by atoms with E-state index in [1.54, 1.807) is 18.2 Å². The summed E-state index contributed by atoms with van der Waals surface area (Å²) in [6.07, 6.45) is 0. The molecule has 0 aromatic heterocycles. The molecule has 1 amide bonds. The van der Waals surface area contributed by atoms with Crippen LogP contribution in [0.15, 0.2) is 22.7 Å². The number of hydrogen-bond donors (Lipinski definition) is 2. The minimum atomic E-state index is -0.218. The number of nitrogens with two attached hydrogens (primary N) is 1. The minimum Gasteiger partial charge on any atom is -0.482 e. The van der Waals surface area contributed by atoms with Crippen molar-refractivity contribution in [2.45, 2.75) is 0 Å². The summed E-state index contributed by atoms with van der Waals surface area (Å²) >= 11 is 9.19. The van der Waals surface area contributed by atoms with Gasteiger partial charge in [-0.3, -0.25) is 4.79 Å². The molecule has 0 saturated carbocycles. The van der Waals surface area contributed by atoms with Gasteiger partial charge in [0.25, 0.3) is 5.91 Å². The van der Waals surface area contributed by atoms with Crippen molar-refractivity contribution in [3.63, 3.8) is 0 Å². The maximum atomic E-state index is 11.2. The number of halogens is 2. The van der Waals surface area contributed by atoms with Crippen LogP contribution >= 0.6 is 27.5 Å². The number of hydrogen-bond acceptors (Lipinski definition) is 3. The Morgan fingerprint density at radius 1 is 1.56 bits per heavy atom. The summed E-state index contributed by atoms with van der Waals surface area (Å²) in [6.45, 7) is 0.780. The molecule has 4 nitrogen and oxygen atoms in total. The lowest BCUT2D eigenvalue weighted by molar-refractivity contribution is -0.123. The molecule has 0 radical (unpaired) electrons. The van der Waals surface area contributed by atoms with Gasteiger partial charge in [0.05, 0.1) is 5.02 Å². The number of carbonyl (C=O) groups is 1. The maximum absolute atomic E-state index is 11.2. The van der Waals surface area contributed by atoms with Crippen LogP contribution in [0.2, 0.25) is 5.02 Å². The molecule has 1 aromatic rings. The van der Waals surface area contributed by atoms with Crippen LogP contribution in [-0.4, -0.2) is 25.6 Å². The summed E-state index contributed by atoms with van der Waals surface area (Å²) in [5, 5.41) is 3.05. The molecule has 6 heteroatoms. The minimum absolute atomic E-state index is 0.0681. The molecule has 1 rings (SSSR count). The lowest BCUT2D eigenvalue weighted by Crippen LogP contribution is -2.32. The fourth-order valence-corrected chi connectivity index (χ4v) is 1.73. The summed E-state index contributed by atoms with van der Waals surface area (Å²) in [5.41, 5.74) is 5.24. The molecule has 0 unspecified atom stereocenters. The van der Waals surface area contributed by atoms with E-state index in [0.29, 0.717) is 23.9 Å². The highest BCUT2D eigenvalue weighted by atomic mass is 79.9. The second-order valence-electron chi connectivity index (χ2n) is 3.00. The Morgan fingerprint density at radius 2 is 2.31 bits per heavy atom. The number of carbonyl (C=O) groups excluding carboxylic acids is 1. The smallest absolute Gasteiger partial charge is 0.257 e. The zero-order chi connectivity index (χ0) is 12.0. The van der Waals surface area contributed by atoms with Gasteiger partial charge in [-0.15, -0.1) is 0 Å². The summed E-state index contributed by atoms with van der Waals surface area (Å²) in [4.78, 5) is 11.2. The van der Waals surface area contributed by atoms with Crippen LogP contribution in [0, 0.1) is 0 Å². The van der Waals surface area contributed by atoms with Crippen LogP contribution < -0.4 is 15.8 Å². The Morgan fingerprint density at radius 3 is 2.94 bits per heavy atom. The lowest BCUT2D eigenvalue weighted by Gasteiger charge is -2.08. The summed E-state index contributed by atoms with van der Waals surface area (Å²) in [7, 11) is 0. The van der Waals surface area contributed by atoms with Gasteiger partial charge in [0.1, 0.15) is 5.75 Å². The Balaban J connectivity index is 2.45. The van der Waals surface area contributed by atoms with E-state index in [4.69, 9.17) is 22.1 Å². The van der Waals surface area contributed by atoms with E-state index >= 15 is 0 Å². The largest absolute Gasteiger partial charge is 0.482 e. The van der Waals surface area contributed by atoms with E-state index in [2.05, 4.69) is 21.2 Å². The van der Waals surface area contributed by atoms with Gasteiger partial charge in [-0.1, -0.05) is 27.5 Å². The monoisotopic (exact) mass is 306 g/mol. The molecule has 1 aromatic carbocycles. The third kappa shape index (κ3) is 4.38. The molecule has 0 aliphatic rings. The van der Waals surface area contributed by atoms with Crippen LogP contribution in [-0.2, 0) is 4.79 Å². The first-order valence-electron chi connectivity index (χ1n) is 4.68. The number of rotatable bonds is 5. The van der Waals surface area contributed by atoms with Crippen molar-refractivity contribution in [2.75, 3.05) is 19.7 Å². The maximum Gasteiger partial charge on any atom is 0.257 e. The summed E-state index contributed by atoms with van der Waals surface area (Å²) in [5.74, 6) is 0.261. The number of nitrogens with one attached hydrogen (secondary N) is 1. The third-order valence-corrected chi connectivity index (χ3v) is 2.51. The highest BCUT2D eigenvalue weighted by molar-refractivity contribution is 9.10. The molecule has 0 aliphatic carbocycles. The Labute approximate surface area is 107 Å². The van der Waals surface area contributed by atoms with Crippen molar-refractivity contribution in [3.8, 4) is 5.75 Å². The third-order valence-electron chi connectivity index (χ3n) is 1.72.